The predicted octanol–water partition coefficient (Wildman–Crippen LogP) is 3.35. The minimum Gasteiger partial charge on any atom is -0.298 e. The molecule has 0 bridgehead atoms. The molecular weight excluding hydrogens is 214 g/mol. The van der Waals surface area contributed by atoms with Crippen molar-refractivity contribution in [2.75, 3.05) is 0 Å². The van der Waals surface area contributed by atoms with Crippen LogP contribution in [0.3, 0.4) is 0 Å². The fourth-order valence-electron chi connectivity index (χ4n) is 0.905. The predicted molar refractivity (Wildman–Crippen MR) is 50.7 cm³/mol. The SMILES string of the molecule is CC(=O)C(Cl)c1ccc(Cl)c(F)c1. The van der Waals surface area contributed by atoms with Crippen LogP contribution >= 0.6 is 23.2 Å². The van der Waals surface area contributed by atoms with Crippen molar-refractivity contribution in [2.24, 2.45) is 0 Å². The number of halogens is 3. The first-order chi connectivity index (χ1) is 6.02. The van der Waals surface area contributed by atoms with Crippen molar-refractivity contribution in [3.05, 3.63) is 34.6 Å². The molecule has 1 nitrogen and oxygen atoms in total. The maximum Gasteiger partial charge on any atom is 0.152 e. The summed E-state index contributed by atoms with van der Waals surface area (Å²) in [4.78, 5) is 10.9. The first-order valence-corrected chi connectivity index (χ1v) is 4.43. The topological polar surface area (TPSA) is 17.1 Å². The molecule has 0 spiro atoms. The zero-order chi connectivity index (χ0) is 10.0. The number of hydrogen-bond donors (Lipinski definition) is 0. The molecule has 4 heteroatoms. The Morgan fingerprint density at radius 1 is 1.54 bits per heavy atom. The average Bonchev–Trinajstić information content (AvgIpc) is 2.08. The fraction of sp³-hybridized carbons (Fsp3) is 0.222. The highest BCUT2D eigenvalue weighted by Gasteiger charge is 2.14. The molecule has 0 aliphatic rings. The highest BCUT2D eigenvalue weighted by atomic mass is 35.5. The normalized spacial score (nSPS) is 12.6. The third-order valence-corrected chi connectivity index (χ3v) is 2.46. The van der Waals surface area contributed by atoms with Crippen molar-refractivity contribution in [2.45, 2.75) is 12.3 Å². The molecule has 0 fully saturated rings. The van der Waals surface area contributed by atoms with Gasteiger partial charge in [0.05, 0.1) is 5.02 Å². The van der Waals surface area contributed by atoms with Crippen LogP contribution in [0.1, 0.15) is 17.9 Å². The van der Waals surface area contributed by atoms with Gasteiger partial charge in [0.2, 0.25) is 0 Å². The van der Waals surface area contributed by atoms with Gasteiger partial charge in [-0.3, -0.25) is 4.79 Å². The van der Waals surface area contributed by atoms with Gasteiger partial charge in [-0.15, -0.1) is 11.6 Å². The quantitative estimate of drug-likeness (QED) is 0.700. The Labute approximate surface area is 85.5 Å². The minimum atomic E-state index is -0.799. The Balaban J connectivity index is 3.03. The Morgan fingerprint density at radius 3 is 2.62 bits per heavy atom. The number of Topliss-reactive ketones (excluding diaryl/α,β-unsaturated/α-hetero) is 1. The van der Waals surface area contributed by atoms with Gasteiger partial charge in [0.1, 0.15) is 11.2 Å². The number of ketones is 1. The van der Waals surface area contributed by atoms with E-state index in [1.165, 1.54) is 25.1 Å². The van der Waals surface area contributed by atoms with Crippen LogP contribution in [0.15, 0.2) is 18.2 Å². The Bertz CT molecular complexity index is 338. The van der Waals surface area contributed by atoms with E-state index in [-0.39, 0.29) is 10.8 Å². The molecular formula is C9H7Cl2FO. The molecule has 0 aliphatic carbocycles. The van der Waals surface area contributed by atoms with Crippen LogP contribution in [-0.4, -0.2) is 5.78 Å². The van der Waals surface area contributed by atoms with E-state index in [9.17, 15) is 9.18 Å². The second kappa shape index (κ2) is 4.07. The van der Waals surface area contributed by atoms with E-state index in [4.69, 9.17) is 23.2 Å². The van der Waals surface area contributed by atoms with Gasteiger partial charge in [0.25, 0.3) is 0 Å². The number of benzene rings is 1. The maximum absolute atomic E-state index is 12.9. The van der Waals surface area contributed by atoms with Crippen molar-refractivity contribution in [1.82, 2.24) is 0 Å². The smallest absolute Gasteiger partial charge is 0.152 e. The largest absolute Gasteiger partial charge is 0.298 e. The summed E-state index contributed by atoms with van der Waals surface area (Å²) in [6, 6.07) is 4.08. The Kier molecular flexibility index (Phi) is 3.28. The molecule has 1 atom stereocenters. The molecule has 0 heterocycles. The molecule has 13 heavy (non-hydrogen) atoms. The van der Waals surface area contributed by atoms with Gasteiger partial charge in [0, 0.05) is 0 Å². The molecule has 1 rings (SSSR count). The van der Waals surface area contributed by atoms with Gasteiger partial charge in [-0.05, 0) is 24.6 Å². The third-order valence-electron chi connectivity index (χ3n) is 1.59. The molecule has 0 amide bonds. The standard InChI is InChI=1S/C9H7Cl2FO/c1-5(13)9(11)6-2-3-7(10)8(12)4-6/h2-4,9H,1H3. The second-order valence-corrected chi connectivity index (χ2v) is 3.49. The van der Waals surface area contributed by atoms with Crippen molar-refractivity contribution in [3.63, 3.8) is 0 Å². The zero-order valence-corrected chi connectivity index (χ0v) is 8.36. The summed E-state index contributed by atoms with van der Waals surface area (Å²) < 4.78 is 12.9. The monoisotopic (exact) mass is 220 g/mol. The maximum atomic E-state index is 12.9. The lowest BCUT2D eigenvalue weighted by atomic mass is 10.1. The van der Waals surface area contributed by atoms with Crippen LogP contribution < -0.4 is 0 Å². The number of rotatable bonds is 2. The minimum absolute atomic E-state index is 0.0242. The average molecular weight is 221 g/mol. The molecule has 0 aliphatic heterocycles. The van der Waals surface area contributed by atoms with Crippen LogP contribution in [0.4, 0.5) is 4.39 Å². The fourth-order valence-corrected chi connectivity index (χ4v) is 1.16. The van der Waals surface area contributed by atoms with E-state index in [2.05, 4.69) is 0 Å². The molecule has 0 saturated heterocycles. The molecule has 0 aromatic heterocycles. The van der Waals surface area contributed by atoms with Crippen LogP contribution in [0.5, 0.6) is 0 Å². The molecule has 1 unspecified atom stereocenters. The molecule has 0 radical (unpaired) electrons. The first kappa shape index (κ1) is 10.5. The lowest BCUT2D eigenvalue weighted by Gasteiger charge is -2.05. The van der Waals surface area contributed by atoms with E-state index in [0.29, 0.717) is 5.56 Å². The van der Waals surface area contributed by atoms with Gasteiger partial charge in [-0.2, -0.15) is 0 Å². The zero-order valence-electron chi connectivity index (χ0n) is 6.85. The summed E-state index contributed by atoms with van der Waals surface area (Å²) in [5, 5.41) is -0.775. The Hall–Kier alpha value is -0.600. The lowest BCUT2D eigenvalue weighted by molar-refractivity contribution is -0.116. The van der Waals surface area contributed by atoms with Gasteiger partial charge in [-0.1, -0.05) is 17.7 Å². The summed E-state index contributed by atoms with van der Waals surface area (Å²) in [5.41, 5.74) is 0.427. The Morgan fingerprint density at radius 2 is 2.15 bits per heavy atom. The number of carbonyl (C=O) groups excluding carboxylic acids is 1. The summed E-state index contributed by atoms with van der Waals surface area (Å²) >= 11 is 11.2. The summed E-state index contributed by atoms with van der Waals surface area (Å²) in [6.07, 6.45) is 0. The van der Waals surface area contributed by atoms with Crippen LogP contribution in [-0.2, 0) is 4.79 Å². The highest BCUT2D eigenvalue weighted by molar-refractivity contribution is 6.31. The van der Waals surface area contributed by atoms with Crippen LogP contribution in [0.25, 0.3) is 0 Å². The summed E-state index contributed by atoms with van der Waals surface area (Å²) in [6.45, 7) is 1.35. The molecule has 1 aromatic carbocycles. The second-order valence-electron chi connectivity index (χ2n) is 2.65. The lowest BCUT2D eigenvalue weighted by Crippen LogP contribution is -2.01. The van der Waals surface area contributed by atoms with E-state index in [0.717, 1.165) is 0 Å². The third kappa shape index (κ3) is 2.42. The van der Waals surface area contributed by atoms with Gasteiger partial charge in [-0.25, -0.2) is 4.39 Å². The number of hydrogen-bond acceptors (Lipinski definition) is 1. The van der Waals surface area contributed by atoms with Crippen LogP contribution in [0, 0.1) is 5.82 Å². The number of carbonyl (C=O) groups is 1. The van der Waals surface area contributed by atoms with E-state index in [1.54, 1.807) is 0 Å². The highest BCUT2D eigenvalue weighted by Crippen LogP contribution is 2.24. The molecule has 0 saturated carbocycles. The van der Waals surface area contributed by atoms with E-state index >= 15 is 0 Å². The van der Waals surface area contributed by atoms with Crippen molar-refractivity contribution < 1.29 is 9.18 Å². The first-order valence-electron chi connectivity index (χ1n) is 3.62. The van der Waals surface area contributed by atoms with Crippen LogP contribution in [0.2, 0.25) is 5.02 Å². The van der Waals surface area contributed by atoms with Gasteiger partial charge < -0.3 is 0 Å². The molecule has 0 N–H and O–H groups in total. The summed E-state index contributed by atoms with van der Waals surface area (Å²) in [5.74, 6) is -0.783. The van der Waals surface area contributed by atoms with Gasteiger partial charge in [0.15, 0.2) is 5.78 Å². The summed E-state index contributed by atoms with van der Waals surface area (Å²) in [7, 11) is 0. The van der Waals surface area contributed by atoms with Crippen molar-refractivity contribution in [3.8, 4) is 0 Å². The van der Waals surface area contributed by atoms with E-state index in [1.807, 2.05) is 0 Å². The molecule has 70 valence electrons. The molecule has 1 aromatic rings. The van der Waals surface area contributed by atoms with E-state index < -0.39 is 11.2 Å². The van der Waals surface area contributed by atoms with Gasteiger partial charge >= 0.3 is 0 Å². The van der Waals surface area contributed by atoms with Crippen molar-refractivity contribution in [1.29, 1.82) is 0 Å². The van der Waals surface area contributed by atoms with Crippen molar-refractivity contribution >= 4 is 29.0 Å². The number of alkyl halides is 1.